The Kier molecular flexibility index (Phi) is 3.81. The topological polar surface area (TPSA) is 29.9 Å². The van der Waals surface area contributed by atoms with Crippen LogP contribution in [0.1, 0.15) is 63.8 Å². The summed E-state index contributed by atoms with van der Waals surface area (Å²) in [4.78, 5) is 0. The van der Waals surface area contributed by atoms with Crippen molar-refractivity contribution in [2.75, 3.05) is 0 Å². The molecule has 0 aromatic carbocycles. The fourth-order valence-electron chi connectivity index (χ4n) is 2.95. The van der Waals surface area contributed by atoms with Crippen LogP contribution in [-0.2, 0) is 7.05 Å². The lowest BCUT2D eigenvalue weighted by Gasteiger charge is -2.36. The number of aromatic nitrogens is 2. The van der Waals surface area contributed by atoms with Crippen molar-refractivity contribution in [2.45, 2.75) is 65.5 Å². The maximum atomic E-state index is 4.33. The zero-order chi connectivity index (χ0) is 13.3. The molecule has 3 heteroatoms. The molecule has 1 aromatic rings. The zero-order valence-corrected chi connectivity index (χ0v) is 12.5. The van der Waals surface area contributed by atoms with Gasteiger partial charge < -0.3 is 5.32 Å². The Hall–Kier alpha value is -0.830. The molecule has 1 saturated carbocycles. The number of nitrogens with zero attached hydrogens (tertiary/aromatic N) is 2. The van der Waals surface area contributed by atoms with Gasteiger partial charge in [0.15, 0.2) is 0 Å². The third-order valence-corrected chi connectivity index (χ3v) is 4.56. The van der Waals surface area contributed by atoms with Crippen LogP contribution in [0.15, 0.2) is 6.20 Å². The Morgan fingerprint density at radius 2 is 2.00 bits per heavy atom. The normalized spacial score (nSPS) is 22.1. The van der Waals surface area contributed by atoms with E-state index in [9.17, 15) is 0 Å². The molecule has 0 aliphatic heterocycles. The van der Waals surface area contributed by atoms with E-state index in [1.54, 1.807) is 0 Å². The van der Waals surface area contributed by atoms with Crippen LogP contribution in [0, 0.1) is 12.3 Å². The summed E-state index contributed by atoms with van der Waals surface area (Å²) in [6.45, 7) is 9.17. The Labute approximate surface area is 111 Å². The van der Waals surface area contributed by atoms with Gasteiger partial charge in [0.2, 0.25) is 0 Å². The van der Waals surface area contributed by atoms with Crippen molar-refractivity contribution in [2.24, 2.45) is 12.5 Å². The van der Waals surface area contributed by atoms with E-state index in [0.29, 0.717) is 17.5 Å². The summed E-state index contributed by atoms with van der Waals surface area (Å²) < 4.78 is 1.96. The highest BCUT2D eigenvalue weighted by Gasteiger charge is 2.27. The van der Waals surface area contributed by atoms with Crippen LogP contribution in [-0.4, -0.2) is 15.8 Å². The van der Waals surface area contributed by atoms with E-state index in [2.05, 4.69) is 38.1 Å². The molecule has 1 atom stereocenters. The summed E-state index contributed by atoms with van der Waals surface area (Å²) in [5, 5.41) is 8.10. The van der Waals surface area contributed by atoms with E-state index < -0.39 is 0 Å². The summed E-state index contributed by atoms with van der Waals surface area (Å²) in [6.07, 6.45) is 7.28. The van der Waals surface area contributed by atoms with Crippen LogP contribution in [0.25, 0.3) is 0 Å². The van der Waals surface area contributed by atoms with E-state index in [4.69, 9.17) is 0 Å². The van der Waals surface area contributed by atoms with Gasteiger partial charge in [-0.1, -0.05) is 13.8 Å². The fraction of sp³-hybridized carbons (Fsp3) is 0.800. The molecule has 1 aromatic heterocycles. The highest BCUT2D eigenvalue weighted by molar-refractivity contribution is 5.19. The van der Waals surface area contributed by atoms with Gasteiger partial charge in [0, 0.05) is 30.4 Å². The maximum Gasteiger partial charge on any atom is 0.0540 e. The third kappa shape index (κ3) is 2.94. The molecule has 3 nitrogen and oxygen atoms in total. The van der Waals surface area contributed by atoms with Crippen LogP contribution in [0.5, 0.6) is 0 Å². The van der Waals surface area contributed by atoms with Gasteiger partial charge in [-0.25, -0.2) is 0 Å². The molecule has 102 valence electrons. The standard InChI is InChI=1S/C15H27N3/c1-11(14-10-16-18(5)12(14)2)17-13-6-8-15(3,4)9-7-13/h10-11,13,17H,6-9H2,1-5H3. The molecule has 1 aliphatic rings. The van der Waals surface area contributed by atoms with Crippen LogP contribution in [0.2, 0.25) is 0 Å². The van der Waals surface area contributed by atoms with Crippen molar-refractivity contribution in [3.05, 3.63) is 17.5 Å². The predicted octanol–water partition coefficient (Wildman–Crippen LogP) is 3.35. The first-order chi connectivity index (χ1) is 8.39. The number of rotatable bonds is 3. The largest absolute Gasteiger partial charge is 0.307 e. The summed E-state index contributed by atoms with van der Waals surface area (Å²) in [5.41, 5.74) is 3.15. The van der Waals surface area contributed by atoms with Crippen molar-refractivity contribution in [3.8, 4) is 0 Å². The minimum Gasteiger partial charge on any atom is -0.307 e. The van der Waals surface area contributed by atoms with Gasteiger partial charge in [0.25, 0.3) is 0 Å². The first-order valence-electron chi connectivity index (χ1n) is 7.13. The lowest BCUT2D eigenvalue weighted by molar-refractivity contribution is 0.200. The molecular formula is C15H27N3. The molecule has 0 spiro atoms. The predicted molar refractivity (Wildman–Crippen MR) is 75.5 cm³/mol. The number of nitrogens with one attached hydrogen (secondary N) is 1. The van der Waals surface area contributed by atoms with Gasteiger partial charge in [-0.2, -0.15) is 5.10 Å². The Bertz CT molecular complexity index is 396. The molecule has 0 saturated heterocycles. The van der Waals surface area contributed by atoms with Crippen molar-refractivity contribution in [1.29, 1.82) is 0 Å². The van der Waals surface area contributed by atoms with Crippen LogP contribution in [0.4, 0.5) is 0 Å². The third-order valence-electron chi connectivity index (χ3n) is 4.56. The highest BCUT2D eigenvalue weighted by atomic mass is 15.3. The lowest BCUT2D eigenvalue weighted by Crippen LogP contribution is -2.37. The fourth-order valence-corrected chi connectivity index (χ4v) is 2.95. The molecule has 0 radical (unpaired) electrons. The second-order valence-corrected chi connectivity index (χ2v) is 6.64. The maximum absolute atomic E-state index is 4.33. The SMILES string of the molecule is Cc1c(C(C)NC2CCC(C)(C)CC2)cnn1C. The molecule has 2 rings (SSSR count). The summed E-state index contributed by atoms with van der Waals surface area (Å²) in [5.74, 6) is 0. The van der Waals surface area contributed by atoms with Crippen LogP contribution < -0.4 is 5.32 Å². The van der Waals surface area contributed by atoms with Crippen LogP contribution in [0.3, 0.4) is 0 Å². The molecular weight excluding hydrogens is 222 g/mol. The van der Waals surface area contributed by atoms with Gasteiger partial charge in [-0.15, -0.1) is 0 Å². The minimum absolute atomic E-state index is 0.407. The Morgan fingerprint density at radius 1 is 1.39 bits per heavy atom. The molecule has 1 fully saturated rings. The summed E-state index contributed by atoms with van der Waals surface area (Å²) in [6, 6.07) is 1.08. The van der Waals surface area contributed by atoms with Crippen molar-refractivity contribution < 1.29 is 0 Å². The van der Waals surface area contributed by atoms with Crippen molar-refractivity contribution in [3.63, 3.8) is 0 Å². The van der Waals surface area contributed by atoms with Gasteiger partial charge >= 0.3 is 0 Å². The molecule has 1 aliphatic carbocycles. The van der Waals surface area contributed by atoms with Crippen LogP contribution >= 0.6 is 0 Å². The van der Waals surface area contributed by atoms with E-state index in [-0.39, 0.29) is 0 Å². The van der Waals surface area contributed by atoms with E-state index >= 15 is 0 Å². The van der Waals surface area contributed by atoms with Crippen molar-refractivity contribution >= 4 is 0 Å². The average Bonchev–Trinajstić information content (AvgIpc) is 2.63. The number of aryl methyl sites for hydroxylation is 1. The Morgan fingerprint density at radius 3 is 2.50 bits per heavy atom. The van der Waals surface area contributed by atoms with Gasteiger partial charge in [0.05, 0.1) is 6.20 Å². The summed E-state index contributed by atoms with van der Waals surface area (Å²) >= 11 is 0. The smallest absolute Gasteiger partial charge is 0.0540 e. The van der Waals surface area contributed by atoms with Gasteiger partial charge in [-0.05, 0) is 44.9 Å². The highest BCUT2D eigenvalue weighted by Crippen LogP contribution is 2.35. The molecule has 1 heterocycles. The van der Waals surface area contributed by atoms with Gasteiger partial charge in [0.1, 0.15) is 0 Å². The first-order valence-corrected chi connectivity index (χ1v) is 7.13. The molecule has 0 bridgehead atoms. The first kappa shape index (κ1) is 13.6. The quantitative estimate of drug-likeness (QED) is 0.890. The summed E-state index contributed by atoms with van der Waals surface area (Å²) in [7, 11) is 2.01. The van der Waals surface area contributed by atoms with E-state index in [0.717, 1.165) is 0 Å². The zero-order valence-electron chi connectivity index (χ0n) is 12.5. The van der Waals surface area contributed by atoms with Gasteiger partial charge in [-0.3, -0.25) is 4.68 Å². The van der Waals surface area contributed by atoms with Crippen molar-refractivity contribution in [1.82, 2.24) is 15.1 Å². The molecule has 1 unspecified atom stereocenters. The van der Waals surface area contributed by atoms with E-state index in [1.807, 2.05) is 17.9 Å². The lowest BCUT2D eigenvalue weighted by atomic mass is 9.75. The minimum atomic E-state index is 0.407. The second-order valence-electron chi connectivity index (χ2n) is 6.64. The molecule has 18 heavy (non-hydrogen) atoms. The number of hydrogen-bond donors (Lipinski definition) is 1. The van der Waals surface area contributed by atoms with E-state index in [1.165, 1.54) is 36.9 Å². The monoisotopic (exact) mass is 249 g/mol. The molecule has 0 amide bonds. The molecule has 1 N–H and O–H groups in total. The Balaban J connectivity index is 1.92. The number of hydrogen-bond acceptors (Lipinski definition) is 2. The average molecular weight is 249 g/mol. The second kappa shape index (κ2) is 5.04.